The van der Waals surface area contributed by atoms with Crippen LogP contribution in [0.4, 0.5) is 0 Å². The molecular formula is C23H26N4O6. The molecule has 1 N–H and O–H groups in total. The van der Waals surface area contributed by atoms with Crippen molar-refractivity contribution in [1.82, 2.24) is 19.9 Å². The molecule has 10 heteroatoms. The van der Waals surface area contributed by atoms with Gasteiger partial charge in [0.1, 0.15) is 19.0 Å². The normalized spacial score (nSPS) is 20.0. The Labute approximate surface area is 190 Å². The zero-order chi connectivity index (χ0) is 22.6. The van der Waals surface area contributed by atoms with E-state index in [0.717, 1.165) is 22.5 Å². The number of hydrogen-bond donors (Lipinski definition) is 1. The molecular weight excluding hydrogens is 428 g/mol. The number of methoxy groups -OCH3 is 1. The maximum absolute atomic E-state index is 12.4. The van der Waals surface area contributed by atoms with Gasteiger partial charge in [0, 0.05) is 31.6 Å². The highest BCUT2D eigenvalue weighted by Crippen LogP contribution is 2.29. The van der Waals surface area contributed by atoms with Crippen molar-refractivity contribution in [1.29, 1.82) is 0 Å². The molecule has 174 valence electrons. The van der Waals surface area contributed by atoms with E-state index in [4.69, 9.17) is 23.7 Å². The Balaban J connectivity index is 1.13. The minimum Gasteiger partial charge on any atom is -0.497 e. The lowest BCUT2D eigenvalue weighted by molar-refractivity contribution is -0.193. The number of nitrogens with one attached hydrogen (secondary N) is 1. The molecule has 33 heavy (non-hydrogen) atoms. The molecule has 3 aromatic rings. The first-order valence-electron chi connectivity index (χ1n) is 10.9. The summed E-state index contributed by atoms with van der Waals surface area (Å²) in [6.45, 7) is 3.13. The van der Waals surface area contributed by atoms with Crippen LogP contribution in [0, 0.1) is 0 Å². The maximum atomic E-state index is 12.4. The molecule has 0 amide bonds. The van der Waals surface area contributed by atoms with E-state index in [-0.39, 0.29) is 17.9 Å². The van der Waals surface area contributed by atoms with E-state index >= 15 is 0 Å². The number of ether oxygens (including phenoxy) is 5. The van der Waals surface area contributed by atoms with Crippen molar-refractivity contribution in [2.75, 3.05) is 33.5 Å². The SMILES string of the molecule is COc1ccc2ncc(=O)n(CC[C@H]3OC[C@H](NCc4cc5c(cn4)OCCO5)CO3)c2c1. The van der Waals surface area contributed by atoms with Crippen LogP contribution in [0.25, 0.3) is 11.0 Å². The van der Waals surface area contributed by atoms with E-state index in [1.165, 1.54) is 6.20 Å². The van der Waals surface area contributed by atoms with Crippen LogP contribution < -0.4 is 25.1 Å². The second-order valence-corrected chi connectivity index (χ2v) is 7.88. The fraction of sp³-hybridized carbons (Fsp3) is 0.435. The first kappa shape index (κ1) is 21.6. The van der Waals surface area contributed by atoms with Crippen molar-refractivity contribution < 1.29 is 23.7 Å². The first-order chi connectivity index (χ1) is 16.2. The predicted octanol–water partition coefficient (Wildman–Crippen LogP) is 1.49. The Morgan fingerprint density at radius 3 is 2.73 bits per heavy atom. The van der Waals surface area contributed by atoms with Gasteiger partial charge >= 0.3 is 0 Å². The van der Waals surface area contributed by atoms with Crippen molar-refractivity contribution in [2.45, 2.75) is 31.8 Å². The van der Waals surface area contributed by atoms with E-state index in [2.05, 4.69) is 15.3 Å². The van der Waals surface area contributed by atoms with Crippen LogP contribution >= 0.6 is 0 Å². The van der Waals surface area contributed by atoms with E-state index in [1.54, 1.807) is 17.9 Å². The quantitative estimate of drug-likeness (QED) is 0.568. The third kappa shape index (κ3) is 4.92. The number of pyridine rings is 1. The van der Waals surface area contributed by atoms with Gasteiger partial charge in [-0.3, -0.25) is 9.78 Å². The smallest absolute Gasteiger partial charge is 0.269 e. The Kier molecular flexibility index (Phi) is 6.38. The number of nitrogens with zero attached hydrogens (tertiary/aromatic N) is 3. The average Bonchev–Trinajstić information content (AvgIpc) is 2.87. The van der Waals surface area contributed by atoms with Crippen LogP contribution in [-0.4, -0.2) is 60.4 Å². The fourth-order valence-corrected chi connectivity index (χ4v) is 3.90. The molecule has 0 aliphatic carbocycles. The van der Waals surface area contributed by atoms with E-state index in [1.807, 2.05) is 24.3 Å². The summed E-state index contributed by atoms with van der Waals surface area (Å²) in [7, 11) is 1.60. The fourth-order valence-electron chi connectivity index (χ4n) is 3.90. The summed E-state index contributed by atoms with van der Waals surface area (Å²) < 4.78 is 29.8. The number of hydrogen-bond acceptors (Lipinski definition) is 9. The topological polar surface area (TPSA) is 106 Å². The van der Waals surface area contributed by atoms with Crippen molar-refractivity contribution in [2.24, 2.45) is 0 Å². The van der Waals surface area contributed by atoms with Gasteiger partial charge in [0.2, 0.25) is 0 Å². The average molecular weight is 454 g/mol. The van der Waals surface area contributed by atoms with Crippen LogP contribution in [0.1, 0.15) is 12.1 Å². The molecule has 4 heterocycles. The third-order valence-corrected chi connectivity index (χ3v) is 5.67. The van der Waals surface area contributed by atoms with Crippen LogP contribution in [0.2, 0.25) is 0 Å². The van der Waals surface area contributed by atoms with Crippen LogP contribution in [0.15, 0.2) is 41.5 Å². The molecule has 1 saturated heterocycles. The van der Waals surface area contributed by atoms with Gasteiger partial charge < -0.3 is 33.6 Å². The van der Waals surface area contributed by atoms with Crippen LogP contribution in [0.3, 0.4) is 0 Å². The lowest BCUT2D eigenvalue weighted by Crippen LogP contribution is -2.44. The van der Waals surface area contributed by atoms with Gasteiger partial charge in [-0.25, -0.2) is 4.98 Å². The molecule has 0 bridgehead atoms. The van der Waals surface area contributed by atoms with Gasteiger partial charge in [0.05, 0.1) is 55.5 Å². The van der Waals surface area contributed by atoms with Crippen molar-refractivity contribution in [3.05, 3.63) is 52.7 Å². The molecule has 0 spiro atoms. The monoisotopic (exact) mass is 454 g/mol. The van der Waals surface area contributed by atoms with Gasteiger partial charge in [-0.1, -0.05) is 0 Å². The zero-order valence-electron chi connectivity index (χ0n) is 18.4. The molecule has 0 saturated carbocycles. The van der Waals surface area contributed by atoms with Gasteiger partial charge in [0.15, 0.2) is 17.8 Å². The van der Waals surface area contributed by atoms with Gasteiger partial charge in [-0.15, -0.1) is 0 Å². The lowest BCUT2D eigenvalue weighted by Gasteiger charge is -2.30. The third-order valence-electron chi connectivity index (χ3n) is 5.67. The minimum atomic E-state index is -0.379. The molecule has 0 atom stereocenters. The molecule has 10 nitrogen and oxygen atoms in total. The summed E-state index contributed by atoms with van der Waals surface area (Å²) in [6.07, 6.45) is 3.20. The Bertz CT molecular complexity index is 1180. The van der Waals surface area contributed by atoms with E-state index < -0.39 is 0 Å². The van der Waals surface area contributed by atoms with Crippen LogP contribution in [-0.2, 0) is 22.6 Å². The molecule has 1 aromatic carbocycles. The maximum Gasteiger partial charge on any atom is 0.269 e. The summed E-state index contributed by atoms with van der Waals surface area (Å²) in [5.74, 6) is 2.08. The molecule has 2 aliphatic heterocycles. The second kappa shape index (κ2) is 9.74. The highest BCUT2D eigenvalue weighted by molar-refractivity contribution is 5.76. The van der Waals surface area contributed by atoms with Crippen LogP contribution in [0.5, 0.6) is 17.2 Å². The zero-order valence-corrected chi connectivity index (χ0v) is 18.4. The summed E-state index contributed by atoms with van der Waals surface area (Å²) in [6, 6.07) is 7.42. The van der Waals surface area contributed by atoms with Crippen molar-refractivity contribution in [3.63, 3.8) is 0 Å². The van der Waals surface area contributed by atoms with Gasteiger partial charge in [0.25, 0.3) is 5.56 Å². The number of aromatic nitrogens is 3. The highest BCUT2D eigenvalue weighted by atomic mass is 16.7. The standard InChI is InChI=1S/C23H26N4O6/c1-29-17-2-3-18-19(9-17)27(22(28)12-26-18)5-4-23-32-13-16(14-33-23)24-10-15-8-20-21(11-25-15)31-7-6-30-20/h2-3,8-9,11-12,16,23-24H,4-7,10,13-14H2,1H3/t16-,23-. The molecule has 5 rings (SSSR count). The van der Waals surface area contributed by atoms with Crippen molar-refractivity contribution >= 4 is 11.0 Å². The summed E-state index contributed by atoms with van der Waals surface area (Å²) >= 11 is 0. The first-order valence-corrected chi connectivity index (χ1v) is 10.9. The van der Waals surface area contributed by atoms with E-state index in [9.17, 15) is 4.79 Å². The van der Waals surface area contributed by atoms with Gasteiger partial charge in [-0.05, 0) is 12.1 Å². The number of fused-ring (bicyclic) bond motifs is 2. The summed E-state index contributed by atoms with van der Waals surface area (Å²) in [4.78, 5) is 21.0. The second-order valence-electron chi connectivity index (χ2n) is 7.88. The number of aryl methyl sites for hydroxylation is 1. The van der Waals surface area contributed by atoms with E-state index in [0.29, 0.717) is 57.4 Å². The summed E-state index contributed by atoms with van der Waals surface area (Å²) in [5, 5.41) is 3.40. The largest absolute Gasteiger partial charge is 0.497 e. The molecule has 2 aromatic heterocycles. The molecule has 2 aliphatic rings. The highest BCUT2D eigenvalue weighted by Gasteiger charge is 2.23. The Morgan fingerprint density at radius 2 is 1.91 bits per heavy atom. The van der Waals surface area contributed by atoms with Crippen molar-refractivity contribution in [3.8, 4) is 17.2 Å². The Hall–Kier alpha value is -3.21. The molecule has 1 fully saturated rings. The predicted molar refractivity (Wildman–Crippen MR) is 119 cm³/mol. The molecule has 0 unspecified atom stereocenters. The molecule has 0 radical (unpaired) electrons. The number of benzene rings is 1. The minimum absolute atomic E-state index is 0.0463. The number of rotatable bonds is 7. The lowest BCUT2D eigenvalue weighted by atomic mass is 10.2. The summed E-state index contributed by atoms with van der Waals surface area (Å²) in [5.41, 5.74) is 2.15. The Morgan fingerprint density at radius 1 is 1.09 bits per heavy atom. The van der Waals surface area contributed by atoms with Gasteiger partial charge in [-0.2, -0.15) is 0 Å².